The molecule has 1 heterocycles. The first-order chi connectivity index (χ1) is 9.22. The SMILES string of the molecule is C=CC(CCCCCNC=O)C(=O)O.c1c[nH]cn1. The molecule has 0 aliphatic heterocycles. The van der Waals surface area contributed by atoms with Crippen molar-refractivity contribution < 1.29 is 14.7 Å². The van der Waals surface area contributed by atoms with E-state index in [1.807, 2.05) is 0 Å². The molecule has 0 aliphatic carbocycles. The zero-order chi connectivity index (χ0) is 14.3. The van der Waals surface area contributed by atoms with Gasteiger partial charge in [-0.1, -0.05) is 18.9 Å². The molecular formula is C13H21N3O3. The van der Waals surface area contributed by atoms with Crippen LogP contribution in [0.1, 0.15) is 25.7 Å². The third-order valence-corrected chi connectivity index (χ3v) is 2.43. The van der Waals surface area contributed by atoms with E-state index in [0.717, 1.165) is 19.3 Å². The van der Waals surface area contributed by atoms with Crippen LogP contribution in [0.3, 0.4) is 0 Å². The van der Waals surface area contributed by atoms with Gasteiger partial charge in [0.2, 0.25) is 6.41 Å². The van der Waals surface area contributed by atoms with Gasteiger partial charge >= 0.3 is 5.97 Å². The van der Waals surface area contributed by atoms with Crippen molar-refractivity contribution in [2.45, 2.75) is 25.7 Å². The molecule has 0 saturated heterocycles. The largest absolute Gasteiger partial charge is 0.481 e. The van der Waals surface area contributed by atoms with Gasteiger partial charge in [-0.15, -0.1) is 6.58 Å². The zero-order valence-electron chi connectivity index (χ0n) is 10.9. The second-order valence-corrected chi connectivity index (χ2v) is 3.86. The molecule has 1 atom stereocenters. The molecule has 0 aliphatic rings. The lowest BCUT2D eigenvalue weighted by molar-refractivity contribution is -0.140. The summed E-state index contributed by atoms with van der Waals surface area (Å²) in [6.07, 6.45) is 10.5. The van der Waals surface area contributed by atoms with Gasteiger partial charge in [0.25, 0.3) is 0 Å². The normalized spacial score (nSPS) is 10.7. The number of unbranched alkanes of at least 4 members (excludes halogenated alkanes) is 2. The Hall–Kier alpha value is -2.11. The van der Waals surface area contributed by atoms with E-state index in [1.54, 1.807) is 18.7 Å². The molecular weight excluding hydrogens is 246 g/mol. The molecule has 0 aromatic carbocycles. The van der Waals surface area contributed by atoms with Crippen LogP contribution in [0, 0.1) is 5.92 Å². The molecule has 1 amide bonds. The minimum absolute atomic E-state index is 0.436. The van der Waals surface area contributed by atoms with E-state index in [1.165, 1.54) is 6.08 Å². The molecule has 3 N–H and O–H groups in total. The second kappa shape index (κ2) is 12.3. The summed E-state index contributed by atoms with van der Waals surface area (Å²) in [7, 11) is 0. The van der Waals surface area contributed by atoms with Crippen molar-refractivity contribution >= 4 is 12.4 Å². The molecule has 0 radical (unpaired) electrons. The van der Waals surface area contributed by atoms with Gasteiger partial charge in [0.1, 0.15) is 0 Å². The molecule has 19 heavy (non-hydrogen) atoms. The maximum absolute atomic E-state index is 10.6. The summed E-state index contributed by atoms with van der Waals surface area (Å²) in [5.74, 6) is -1.25. The van der Waals surface area contributed by atoms with Crippen LogP contribution in [-0.4, -0.2) is 34.0 Å². The van der Waals surface area contributed by atoms with Crippen molar-refractivity contribution in [2.24, 2.45) is 5.92 Å². The Kier molecular flexibility index (Phi) is 11.0. The Labute approximate surface area is 112 Å². The van der Waals surface area contributed by atoms with Gasteiger partial charge in [-0.25, -0.2) is 4.98 Å². The van der Waals surface area contributed by atoms with Crippen molar-refractivity contribution in [3.8, 4) is 0 Å². The number of carbonyl (C=O) groups excluding carboxylic acids is 1. The average molecular weight is 267 g/mol. The minimum Gasteiger partial charge on any atom is -0.481 e. The van der Waals surface area contributed by atoms with Crippen molar-refractivity contribution in [2.75, 3.05) is 6.54 Å². The highest BCUT2D eigenvalue weighted by molar-refractivity contribution is 5.71. The van der Waals surface area contributed by atoms with E-state index in [0.29, 0.717) is 19.4 Å². The van der Waals surface area contributed by atoms with Gasteiger partial charge in [-0.3, -0.25) is 9.59 Å². The van der Waals surface area contributed by atoms with Crippen LogP contribution >= 0.6 is 0 Å². The van der Waals surface area contributed by atoms with E-state index in [2.05, 4.69) is 21.9 Å². The van der Waals surface area contributed by atoms with Gasteiger partial charge < -0.3 is 15.4 Å². The average Bonchev–Trinajstić information content (AvgIpc) is 2.96. The number of nitrogens with one attached hydrogen (secondary N) is 2. The summed E-state index contributed by atoms with van der Waals surface area (Å²) in [4.78, 5) is 26.9. The highest BCUT2D eigenvalue weighted by atomic mass is 16.4. The number of hydrogen-bond donors (Lipinski definition) is 3. The number of carboxylic acid groups (broad SMARTS) is 1. The molecule has 0 spiro atoms. The fraction of sp³-hybridized carbons (Fsp3) is 0.462. The van der Waals surface area contributed by atoms with Crippen LogP contribution in [0.25, 0.3) is 0 Å². The second-order valence-electron chi connectivity index (χ2n) is 3.86. The molecule has 0 bridgehead atoms. The molecule has 1 aromatic rings. The van der Waals surface area contributed by atoms with Crippen molar-refractivity contribution in [3.05, 3.63) is 31.4 Å². The van der Waals surface area contributed by atoms with Crippen molar-refractivity contribution in [1.82, 2.24) is 15.3 Å². The quantitative estimate of drug-likeness (QED) is 0.360. The molecule has 1 aromatic heterocycles. The number of rotatable bonds is 9. The standard InChI is InChI=1S/C10H17NO3.C3H4N2/c1-2-9(10(13)14)6-4-3-5-7-11-8-12;1-2-5-3-4-1/h2,8-9H,1,3-7H2,(H,11,12)(H,13,14);1-3H,(H,4,5). The predicted molar refractivity (Wildman–Crippen MR) is 72.4 cm³/mol. The van der Waals surface area contributed by atoms with Gasteiger partial charge in [0, 0.05) is 18.9 Å². The Bertz CT molecular complexity index is 322. The number of carboxylic acids is 1. The smallest absolute Gasteiger partial charge is 0.310 e. The summed E-state index contributed by atoms with van der Waals surface area (Å²) in [5, 5.41) is 11.2. The molecule has 0 fully saturated rings. The van der Waals surface area contributed by atoms with E-state index in [9.17, 15) is 9.59 Å². The zero-order valence-corrected chi connectivity index (χ0v) is 10.9. The number of imidazole rings is 1. The Balaban J connectivity index is 0.000000532. The highest BCUT2D eigenvalue weighted by Crippen LogP contribution is 2.10. The fourth-order valence-electron chi connectivity index (χ4n) is 1.38. The molecule has 6 heteroatoms. The van der Waals surface area contributed by atoms with Crippen LogP contribution in [0.15, 0.2) is 31.4 Å². The molecule has 6 nitrogen and oxygen atoms in total. The Morgan fingerprint density at radius 1 is 1.47 bits per heavy atom. The van der Waals surface area contributed by atoms with E-state index in [-0.39, 0.29) is 0 Å². The van der Waals surface area contributed by atoms with E-state index < -0.39 is 11.9 Å². The number of aliphatic carboxylic acids is 1. The first-order valence-electron chi connectivity index (χ1n) is 6.17. The van der Waals surface area contributed by atoms with Gasteiger partial charge in [0.15, 0.2) is 0 Å². The first kappa shape index (κ1) is 16.9. The molecule has 0 saturated carbocycles. The van der Waals surface area contributed by atoms with Crippen LogP contribution in [0.2, 0.25) is 0 Å². The number of aromatic amines is 1. The molecule has 1 rings (SSSR count). The number of nitrogens with zero attached hydrogens (tertiary/aromatic N) is 1. The third-order valence-electron chi connectivity index (χ3n) is 2.43. The van der Waals surface area contributed by atoms with Gasteiger partial charge in [-0.05, 0) is 12.8 Å². The maximum atomic E-state index is 10.6. The number of carbonyl (C=O) groups is 2. The Morgan fingerprint density at radius 2 is 2.26 bits per heavy atom. The third kappa shape index (κ3) is 10.7. The molecule has 1 unspecified atom stereocenters. The summed E-state index contributed by atoms with van der Waals surface area (Å²) in [5.41, 5.74) is 0. The summed E-state index contributed by atoms with van der Waals surface area (Å²) in [6, 6.07) is 0. The van der Waals surface area contributed by atoms with Gasteiger partial charge in [0.05, 0.1) is 12.2 Å². The summed E-state index contributed by atoms with van der Waals surface area (Å²) in [6.45, 7) is 4.13. The van der Waals surface area contributed by atoms with Crippen molar-refractivity contribution in [1.29, 1.82) is 0 Å². The lowest BCUT2D eigenvalue weighted by Crippen LogP contribution is -2.13. The van der Waals surface area contributed by atoms with Gasteiger partial charge in [-0.2, -0.15) is 0 Å². The lowest BCUT2D eigenvalue weighted by atomic mass is 10.0. The van der Waals surface area contributed by atoms with Crippen molar-refractivity contribution in [3.63, 3.8) is 0 Å². The maximum Gasteiger partial charge on any atom is 0.310 e. The molecule has 106 valence electrons. The van der Waals surface area contributed by atoms with E-state index in [4.69, 9.17) is 5.11 Å². The topological polar surface area (TPSA) is 95.1 Å². The van der Waals surface area contributed by atoms with Crippen LogP contribution in [-0.2, 0) is 9.59 Å². The van der Waals surface area contributed by atoms with Crippen LogP contribution < -0.4 is 5.32 Å². The van der Waals surface area contributed by atoms with E-state index >= 15 is 0 Å². The number of amides is 1. The van der Waals surface area contributed by atoms with Crippen LogP contribution in [0.5, 0.6) is 0 Å². The minimum atomic E-state index is -0.814. The highest BCUT2D eigenvalue weighted by Gasteiger charge is 2.11. The van der Waals surface area contributed by atoms with Crippen LogP contribution in [0.4, 0.5) is 0 Å². The summed E-state index contributed by atoms with van der Waals surface area (Å²) >= 11 is 0. The summed E-state index contributed by atoms with van der Waals surface area (Å²) < 4.78 is 0. The lowest BCUT2D eigenvalue weighted by Gasteiger charge is -2.06. The fourth-order valence-corrected chi connectivity index (χ4v) is 1.38. The number of H-pyrrole nitrogens is 1. The predicted octanol–water partition coefficient (Wildman–Crippen LogP) is 1.59. The number of hydrogen-bond acceptors (Lipinski definition) is 3. The Morgan fingerprint density at radius 3 is 2.68 bits per heavy atom. The number of aromatic nitrogens is 2. The monoisotopic (exact) mass is 267 g/mol. The first-order valence-corrected chi connectivity index (χ1v) is 6.17.